The van der Waals surface area contributed by atoms with E-state index in [1.807, 2.05) is 24.8 Å². The number of likely N-dealkylation sites (tertiary alicyclic amines) is 1. The number of hydrogen-bond acceptors (Lipinski definition) is 2. The molecule has 0 radical (unpaired) electrons. The quantitative estimate of drug-likeness (QED) is 0.667. The lowest BCUT2D eigenvalue weighted by Gasteiger charge is -2.26. The molecule has 0 aromatic carbocycles. The summed E-state index contributed by atoms with van der Waals surface area (Å²) >= 11 is 0. The first-order chi connectivity index (χ1) is 7.54. The van der Waals surface area contributed by atoms with Crippen molar-refractivity contribution in [3.8, 4) is 0 Å². The highest BCUT2D eigenvalue weighted by atomic mass is 16.2. The van der Waals surface area contributed by atoms with E-state index in [9.17, 15) is 9.59 Å². The minimum absolute atomic E-state index is 0.00328. The van der Waals surface area contributed by atoms with E-state index in [2.05, 4.69) is 0 Å². The SMILES string of the molecule is CC(C)C(=O)N1C[C@H]2CC23C=CC(=O)C=C13. The summed E-state index contributed by atoms with van der Waals surface area (Å²) in [5, 5.41) is 0. The summed E-state index contributed by atoms with van der Waals surface area (Å²) in [6.07, 6.45) is 6.40. The molecule has 1 spiro atoms. The van der Waals surface area contributed by atoms with E-state index in [1.54, 1.807) is 12.2 Å². The van der Waals surface area contributed by atoms with Gasteiger partial charge in [-0.3, -0.25) is 9.59 Å². The molecule has 3 heteroatoms. The van der Waals surface area contributed by atoms with Crippen molar-refractivity contribution < 1.29 is 9.59 Å². The number of nitrogens with zero attached hydrogens (tertiary/aromatic N) is 1. The van der Waals surface area contributed by atoms with Gasteiger partial charge in [0.05, 0.1) is 0 Å². The zero-order chi connectivity index (χ0) is 11.5. The Bertz CT molecular complexity index is 447. The Morgan fingerprint density at radius 3 is 3.00 bits per heavy atom. The van der Waals surface area contributed by atoms with E-state index >= 15 is 0 Å². The van der Waals surface area contributed by atoms with Gasteiger partial charge in [0.1, 0.15) is 0 Å². The monoisotopic (exact) mass is 217 g/mol. The van der Waals surface area contributed by atoms with E-state index in [4.69, 9.17) is 0 Å². The molecule has 2 fully saturated rings. The molecule has 1 aliphatic heterocycles. The van der Waals surface area contributed by atoms with Crippen molar-refractivity contribution in [3.63, 3.8) is 0 Å². The first kappa shape index (κ1) is 9.82. The molecule has 1 saturated heterocycles. The van der Waals surface area contributed by atoms with Crippen LogP contribution >= 0.6 is 0 Å². The number of allylic oxidation sites excluding steroid dienone is 3. The first-order valence-electron chi connectivity index (χ1n) is 5.81. The zero-order valence-electron chi connectivity index (χ0n) is 9.56. The number of hydrogen-bond donors (Lipinski definition) is 0. The molecule has 2 aliphatic carbocycles. The predicted octanol–water partition coefficient (Wildman–Crippen LogP) is 1.51. The molecule has 0 bridgehead atoms. The average Bonchev–Trinajstić information content (AvgIpc) is 2.84. The van der Waals surface area contributed by atoms with Crippen LogP contribution in [-0.2, 0) is 9.59 Å². The summed E-state index contributed by atoms with van der Waals surface area (Å²) in [6, 6.07) is 0. The maximum atomic E-state index is 12.0. The molecular formula is C13H15NO2. The number of ketones is 1. The lowest BCUT2D eigenvalue weighted by Crippen LogP contribution is -2.34. The topological polar surface area (TPSA) is 37.4 Å². The second-order valence-electron chi connectivity index (χ2n) is 5.31. The van der Waals surface area contributed by atoms with Crippen LogP contribution in [0.2, 0.25) is 0 Å². The standard InChI is InChI=1S/C13H15NO2/c1-8(2)12(16)14-7-9-6-13(9)4-3-10(15)5-11(13)14/h3-5,8-9H,6-7H2,1-2H3/t9-,13?/m1/s1. The Morgan fingerprint density at radius 2 is 2.31 bits per heavy atom. The van der Waals surface area contributed by atoms with Crippen molar-refractivity contribution in [2.24, 2.45) is 17.3 Å². The van der Waals surface area contributed by atoms with Gasteiger partial charge in [-0.25, -0.2) is 0 Å². The second-order valence-corrected chi connectivity index (χ2v) is 5.31. The van der Waals surface area contributed by atoms with Gasteiger partial charge in [0.2, 0.25) is 5.91 Å². The molecular weight excluding hydrogens is 202 g/mol. The molecule has 3 nitrogen and oxygen atoms in total. The molecule has 3 aliphatic rings. The van der Waals surface area contributed by atoms with Gasteiger partial charge in [0, 0.05) is 29.7 Å². The highest BCUT2D eigenvalue weighted by Gasteiger charge is 2.63. The second kappa shape index (κ2) is 2.84. The van der Waals surface area contributed by atoms with Crippen molar-refractivity contribution in [2.45, 2.75) is 20.3 Å². The van der Waals surface area contributed by atoms with Gasteiger partial charge in [0.15, 0.2) is 5.78 Å². The molecule has 3 rings (SSSR count). The van der Waals surface area contributed by atoms with Gasteiger partial charge in [-0.05, 0) is 18.4 Å². The minimum Gasteiger partial charge on any atom is -0.315 e. The van der Waals surface area contributed by atoms with Crippen LogP contribution in [0.3, 0.4) is 0 Å². The summed E-state index contributed by atoms with van der Waals surface area (Å²) in [6.45, 7) is 4.60. The first-order valence-corrected chi connectivity index (χ1v) is 5.81. The third-order valence-corrected chi connectivity index (χ3v) is 3.91. The summed E-state index contributed by atoms with van der Waals surface area (Å²) in [5.74, 6) is 0.693. The maximum absolute atomic E-state index is 12.0. The van der Waals surface area contributed by atoms with Gasteiger partial charge in [0.25, 0.3) is 0 Å². The third kappa shape index (κ3) is 1.09. The van der Waals surface area contributed by atoms with Crippen LogP contribution in [0.1, 0.15) is 20.3 Å². The normalized spacial score (nSPS) is 34.9. The number of amides is 1. The molecule has 1 heterocycles. The Labute approximate surface area is 94.8 Å². The van der Waals surface area contributed by atoms with Crippen molar-refractivity contribution in [1.82, 2.24) is 4.90 Å². The fourth-order valence-corrected chi connectivity index (χ4v) is 2.90. The highest BCUT2D eigenvalue weighted by Crippen LogP contribution is 2.65. The van der Waals surface area contributed by atoms with Crippen molar-refractivity contribution >= 4 is 11.7 Å². The zero-order valence-corrected chi connectivity index (χ0v) is 9.56. The molecule has 0 N–H and O–H groups in total. The lowest BCUT2D eigenvalue weighted by atomic mass is 9.95. The average molecular weight is 217 g/mol. The molecule has 16 heavy (non-hydrogen) atoms. The molecule has 0 aromatic heterocycles. The van der Waals surface area contributed by atoms with Crippen molar-refractivity contribution in [3.05, 3.63) is 23.9 Å². The predicted molar refractivity (Wildman–Crippen MR) is 59.3 cm³/mol. The van der Waals surface area contributed by atoms with Crippen LogP contribution in [0, 0.1) is 17.3 Å². The van der Waals surface area contributed by atoms with Gasteiger partial charge < -0.3 is 4.90 Å². The summed E-state index contributed by atoms with van der Waals surface area (Å²) < 4.78 is 0. The summed E-state index contributed by atoms with van der Waals surface area (Å²) in [4.78, 5) is 25.2. The molecule has 0 aromatic rings. The Hall–Kier alpha value is -1.38. The van der Waals surface area contributed by atoms with E-state index < -0.39 is 0 Å². The van der Waals surface area contributed by atoms with E-state index in [-0.39, 0.29) is 23.0 Å². The molecule has 84 valence electrons. The number of carbonyl (C=O) groups excluding carboxylic acids is 2. The van der Waals surface area contributed by atoms with E-state index in [0.29, 0.717) is 5.92 Å². The van der Waals surface area contributed by atoms with Gasteiger partial charge >= 0.3 is 0 Å². The number of rotatable bonds is 1. The van der Waals surface area contributed by atoms with Crippen LogP contribution in [0.25, 0.3) is 0 Å². The third-order valence-electron chi connectivity index (χ3n) is 3.91. The molecule has 1 saturated carbocycles. The Morgan fingerprint density at radius 1 is 1.56 bits per heavy atom. The molecule has 1 amide bonds. The maximum Gasteiger partial charge on any atom is 0.229 e. The van der Waals surface area contributed by atoms with Crippen LogP contribution in [0.15, 0.2) is 23.9 Å². The number of carbonyl (C=O) groups is 2. The van der Waals surface area contributed by atoms with Crippen LogP contribution in [0.4, 0.5) is 0 Å². The van der Waals surface area contributed by atoms with Gasteiger partial charge in [-0.2, -0.15) is 0 Å². The summed E-state index contributed by atoms with van der Waals surface area (Å²) in [7, 11) is 0. The van der Waals surface area contributed by atoms with Gasteiger partial charge in [-0.15, -0.1) is 0 Å². The van der Waals surface area contributed by atoms with Crippen LogP contribution in [-0.4, -0.2) is 23.1 Å². The molecule has 2 atom stereocenters. The molecule has 1 unspecified atom stereocenters. The van der Waals surface area contributed by atoms with E-state index in [0.717, 1.165) is 18.7 Å². The van der Waals surface area contributed by atoms with Crippen LogP contribution < -0.4 is 0 Å². The smallest absolute Gasteiger partial charge is 0.229 e. The van der Waals surface area contributed by atoms with E-state index in [1.165, 1.54) is 0 Å². The highest BCUT2D eigenvalue weighted by molar-refractivity contribution is 6.02. The summed E-state index contributed by atoms with van der Waals surface area (Å²) in [5.41, 5.74) is 0.988. The van der Waals surface area contributed by atoms with Crippen molar-refractivity contribution in [2.75, 3.05) is 6.54 Å². The fraction of sp³-hybridized carbons (Fsp3) is 0.538. The Balaban J connectivity index is 1.96. The largest absolute Gasteiger partial charge is 0.315 e. The minimum atomic E-state index is -0.00328. The van der Waals surface area contributed by atoms with Crippen LogP contribution in [0.5, 0.6) is 0 Å². The van der Waals surface area contributed by atoms with Crippen molar-refractivity contribution in [1.29, 1.82) is 0 Å². The Kier molecular flexibility index (Phi) is 1.74. The van der Waals surface area contributed by atoms with Gasteiger partial charge in [-0.1, -0.05) is 19.9 Å². The fourth-order valence-electron chi connectivity index (χ4n) is 2.90. The number of piperidine rings is 1. The lowest BCUT2D eigenvalue weighted by molar-refractivity contribution is -0.132.